The van der Waals surface area contributed by atoms with E-state index >= 15 is 0 Å². The van der Waals surface area contributed by atoms with Crippen LogP contribution < -0.4 is 4.74 Å². The first-order chi connectivity index (χ1) is 12.5. The van der Waals surface area contributed by atoms with Gasteiger partial charge in [-0.1, -0.05) is 6.07 Å². The molecule has 0 amide bonds. The molecule has 0 radical (unpaired) electrons. The number of piperidine rings is 1. The molecule has 0 spiro atoms. The molecule has 1 heterocycles. The van der Waals surface area contributed by atoms with Crippen molar-refractivity contribution < 1.29 is 19.1 Å². The average Bonchev–Trinajstić information content (AvgIpc) is 2.64. The van der Waals surface area contributed by atoms with Gasteiger partial charge in [0.05, 0.1) is 13.7 Å². The molecule has 1 aromatic rings. The maximum absolute atomic E-state index is 13.0. The first kappa shape index (κ1) is 17.5. The highest BCUT2D eigenvalue weighted by Crippen LogP contribution is 2.56. The Morgan fingerprint density at radius 2 is 2.19 bits per heavy atom. The number of methoxy groups -OCH3 is 1. The Kier molecular flexibility index (Phi) is 4.30. The highest BCUT2D eigenvalue weighted by atomic mass is 16.5. The summed E-state index contributed by atoms with van der Waals surface area (Å²) < 4.78 is 10.7. The van der Waals surface area contributed by atoms with Crippen LogP contribution in [0, 0.1) is 11.8 Å². The molecule has 1 aromatic carbocycles. The number of hydrogen-bond acceptors (Lipinski definition) is 5. The van der Waals surface area contributed by atoms with Gasteiger partial charge >= 0.3 is 5.97 Å². The summed E-state index contributed by atoms with van der Waals surface area (Å²) in [6.45, 7) is 3.09. The minimum atomic E-state index is -0.603. The molecular weight excluding hydrogens is 330 g/mol. The monoisotopic (exact) mass is 357 g/mol. The first-order valence-corrected chi connectivity index (χ1v) is 9.57. The van der Waals surface area contributed by atoms with Crippen LogP contribution in [-0.4, -0.2) is 50.0 Å². The summed E-state index contributed by atoms with van der Waals surface area (Å²) >= 11 is 0. The normalized spacial score (nSPS) is 33.2. The molecule has 5 nitrogen and oxygen atoms in total. The first-order valence-electron chi connectivity index (χ1n) is 9.57. The second-order valence-electron chi connectivity index (χ2n) is 7.97. The van der Waals surface area contributed by atoms with Crippen molar-refractivity contribution in [3.63, 3.8) is 0 Å². The maximum Gasteiger partial charge on any atom is 0.316 e. The molecule has 5 heteroatoms. The Morgan fingerprint density at radius 1 is 1.38 bits per heavy atom. The number of likely N-dealkylation sites (N-methyl/N-ethyl adjacent to an activating group) is 1. The number of carbonyl (C=O) groups is 2. The molecule has 0 aromatic heterocycles. The Hall–Kier alpha value is -1.88. The van der Waals surface area contributed by atoms with Crippen molar-refractivity contribution in [1.82, 2.24) is 4.90 Å². The summed E-state index contributed by atoms with van der Waals surface area (Å²) in [6.07, 6.45) is 2.95. The average molecular weight is 357 g/mol. The van der Waals surface area contributed by atoms with Crippen LogP contribution in [0.25, 0.3) is 0 Å². The van der Waals surface area contributed by atoms with E-state index in [1.54, 1.807) is 14.0 Å². The highest BCUT2D eigenvalue weighted by molar-refractivity contribution is 6.00. The Morgan fingerprint density at radius 3 is 2.92 bits per heavy atom. The van der Waals surface area contributed by atoms with E-state index in [1.165, 1.54) is 11.1 Å². The van der Waals surface area contributed by atoms with Crippen LogP contribution in [0.2, 0.25) is 0 Å². The van der Waals surface area contributed by atoms with Crippen LogP contribution in [0.5, 0.6) is 5.75 Å². The molecule has 1 aliphatic heterocycles. The van der Waals surface area contributed by atoms with E-state index in [0.717, 1.165) is 25.1 Å². The van der Waals surface area contributed by atoms with Gasteiger partial charge in [0, 0.05) is 17.9 Å². The number of Topliss-reactive ketones (excluding diaryl/α,β-unsaturated/α-hetero) is 1. The largest absolute Gasteiger partial charge is 0.497 e. The molecule has 4 atom stereocenters. The summed E-state index contributed by atoms with van der Waals surface area (Å²) in [7, 11) is 3.85. The number of likely N-dealkylation sites (tertiary alicyclic amines) is 1. The lowest BCUT2D eigenvalue weighted by Gasteiger charge is -2.58. The van der Waals surface area contributed by atoms with Crippen LogP contribution in [0.15, 0.2) is 18.2 Å². The van der Waals surface area contributed by atoms with Gasteiger partial charge in [0.2, 0.25) is 0 Å². The van der Waals surface area contributed by atoms with E-state index < -0.39 is 5.92 Å². The van der Waals surface area contributed by atoms with Crippen LogP contribution in [0.4, 0.5) is 0 Å². The molecule has 1 unspecified atom stereocenters. The van der Waals surface area contributed by atoms with Crippen LogP contribution >= 0.6 is 0 Å². The summed E-state index contributed by atoms with van der Waals surface area (Å²) in [5.41, 5.74) is 2.42. The topological polar surface area (TPSA) is 55.8 Å². The number of ether oxygens (including phenoxy) is 2. The van der Waals surface area contributed by atoms with Gasteiger partial charge in [0.15, 0.2) is 0 Å². The van der Waals surface area contributed by atoms with Gasteiger partial charge in [-0.05, 0) is 69.0 Å². The van der Waals surface area contributed by atoms with E-state index in [4.69, 9.17) is 9.47 Å². The molecule has 0 N–H and O–H groups in total. The summed E-state index contributed by atoms with van der Waals surface area (Å²) in [6, 6.07) is 6.66. The second-order valence-corrected chi connectivity index (χ2v) is 7.97. The molecule has 1 saturated heterocycles. The van der Waals surface area contributed by atoms with Gasteiger partial charge in [0.25, 0.3) is 0 Å². The molecule has 1 saturated carbocycles. The lowest BCUT2D eigenvalue weighted by atomic mass is 9.50. The molecule has 2 aliphatic carbocycles. The Bertz CT molecular complexity index is 746. The fourth-order valence-corrected chi connectivity index (χ4v) is 5.57. The third kappa shape index (κ3) is 2.48. The van der Waals surface area contributed by atoms with Crippen molar-refractivity contribution in [1.29, 1.82) is 0 Å². The van der Waals surface area contributed by atoms with Crippen LogP contribution in [0.3, 0.4) is 0 Å². The van der Waals surface area contributed by atoms with E-state index in [9.17, 15) is 9.59 Å². The third-order valence-electron chi connectivity index (χ3n) is 6.87. The van der Waals surface area contributed by atoms with E-state index in [0.29, 0.717) is 31.4 Å². The predicted molar refractivity (Wildman–Crippen MR) is 97.3 cm³/mol. The molecule has 3 aliphatic rings. The summed E-state index contributed by atoms with van der Waals surface area (Å²) in [5.74, 6) is 0.236. The molecular formula is C21H27NO4. The maximum atomic E-state index is 13.0. The second kappa shape index (κ2) is 6.38. The SMILES string of the molecule is CCOC(=O)C1C[C@H]2[C@H]3Cc4ccc(OC)cc4[C@@]2(CCN3C)CC1=O. The lowest BCUT2D eigenvalue weighted by molar-refractivity contribution is -0.157. The number of carbonyl (C=O) groups excluding carboxylic acids is 2. The van der Waals surface area contributed by atoms with Crippen LogP contribution in [0.1, 0.15) is 37.3 Å². The zero-order valence-corrected chi connectivity index (χ0v) is 15.8. The van der Waals surface area contributed by atoms with Crippen molar-refractivity contribution in [2.24, 2.45) is 11.8 Å². The standard InChI is InChI=1S/C21H27NO4/c1-4-26-20(24)15-11-17-18-9-13-5-6-14(25-3)10-16(13)21(17,12-19(15)23)7-8-22(18)2/h5-6,10,15,17-18H,4,7-9,11-12H2,1-3H3/t15?,17-,18+,21+/m0/s1. The quantitative estimate of drug-likeness (QED) is 0.614. The highest BCUT2D eigenvalue weighted by Gasteiger charge is 2.58. The number of nitrogens with zero attached hydrogens (tertiary/aromatic N) is 1. The molecule has 26 heavy (non-hydrogen) atoms. The summed E-state index contributed by atoms with van der Waals surface area (Å²) in [5, 5.41) is 0. The van der Waals surface area contributed by atoms with E-state index in [2.05, 4.69) is 24.1 Å². The summed E-state index contributed by atoms with van der Waals surface area (Å²) in [4.78, 5) is 27.7. The Labute approximate surface area is 154 Å². The smallest absolute Gasteiger partial charge is 0.316 e. The lowest BCUT2D eigenvalue weighted by Crippen LogP contribution is -2.62. The molecule has 140 valence electrons. The van der Waals surface area contributed by atoms with Gasteiger partial charge in [0.1, 0.15) is 17.5 Å². The molecule has 4 rings (SSSR count). The van der Waals surface area contributed by atoms with Gasteiger partial charge in [-0.25, -0.2) is 0 Å². The van der Waals surface area contributed by atoms with E-state index in [-0.39, 0.29) is 17.2 Å². The van der Waals surface area contributed by atoms with Gasteiger partial charge < -0.3 is 14.4 Å². The van der Waals surface area contributed by atoms with Gasteiger partial charge in [-0.15, -0.1) is 0 Å². The number of benzene rings is 1. The zero-order valence-electron chi connectivity index (χ0n) is 15.8. The van der Waals surface area contributed by atoms with Crippen molar-refractivity contribution in [2.45, 2.75) is 44.1 Å². The number of fused-ring (bicyclic) bond motifs is 1. The molecule has 2 fully saturated rings. The minimum Gasteiger partial charge on any atom is -0.497 e. The van der Waals surface area contributed by atoms with Crippen LogP contribution in [-0.2, 0) is 26.2 Å². The predicted octanol–water partition coefficient (Wildman–Crippen LogP) is 2.35. The molecule has 2 bridgehead atoms. The van der Waals surface area contributed by atoms with Crippen molar-refractivity contribution in [3.05, 3.63) is 29.3 Å². The number of rotatable bonds is 3. The van der Waals surface area contributed by atoms with Gasteiger partial charge in [-0.3, -0.25) is 9.59 Å². The third-order valence-corrected chi connectivity index (χ3v) is 6.87. The number of hydrogen-bond donors (Lipinski definition) is 0. The van der Waals surface area contributed by atoms with Crippen molar-refractivity contribution in [3.8, 4) is 5.75 Å². The fourth-order valence-electron chi connectivity index (χ4n) is 5.57. The van der Waals surface area contributed by atoms with E-state index in [1.807, 2.05) is 6.07 Å². The van der Waals surface area contributed by atoms with Gasteiger partial charge in [-0.2, -0.15) is 0 Å². The zero-order chi connectivity index (χ0) is 18.5. The Balaban J connectivity index is 1.78. The van der Waals surface area contributed by atoms with Crippen molar-refractivity contribution in [2.75, 3.05) is 27.3 Å². The van der Waals surface area contributed by atoms with Crippen molar-refractivity contribution >= 4 is 11.8 Å². The minimum absolute atomic E-state index is 0.0404. The number of esters is 1. The number of ketones is 1. The fraction of sp³-hybridized carbons (Fsp3) is 0.619.